The third-order valence-corrected chi connectivity index (χ3v) is 5.42. The number of nitrogens with zero attached hydrogens (tertiary/aromatic N) is 2. The molecule has 0 spiro atoms. The Morgan fingerprint density at radius 1 is 1.29 bits per heavy atom. The van der Waals surface area contributed by atoms with Crippen molar-refractivity contribution in [3.05, 3.63) is 35.7 Å². The third kappa shape index (κ3) is 1.99. The van der Waals surface area contributed by atoms with Gasteiger partial charge >= 0.3 is 0 Å². The summed E-state index contributed by atoms with van der Waals surface area (Å²) in [4.78, 5) is 0.223. The van der Waals surface area contributed by atoms with Crippen LogP contribution in [0.4, 0.5) is 5.69 Å². The van der Waals surface area contributed by atoms with E-state index in [1.165, 1.54) is 0 Å². The molecule has 0 unspecified atom stereocenters. The van der Waals surface area contributed by atoms with E-state index in [9.17, 15) is 8.42 Å². The molecule has 1 N–H and O–H groups in total. The van der Waals surface area contributed by atoms with Gasteiger partial charge < -0.3 is 10.1 Å². The second kappa shape index (κ2) is 4.49. The number of hydrogen-bond acceptors (Lipinski definition) is 5. The second-order valence-corrected chi connectivity index (χ2v) is 7.06. The summed E-state index contributed by atoms with van der Waals surface area (Å²) < 4.78 is 31.9. The molecule has 0 fully saturated rings. The Kier molecular flexibility index (Phi) is 2.72. The van der Waals surface area contributed by atoms with E-state index < -0.39 is 10.0 Å². The second-order valence-electron chi connectivity index (χ2n) is 5.27. The lowest BCUT2D eigenvalue weighted by molar-refractivity contribution is 0.323. The van der Waals surface area contributed by atoms with Gasteiger partial charge in [0.25, 0.3) is 10.0 Å². The molecular weight excluding hydrogens is 290 g/mol. The zero-order valence-corrected chi connectivity index (χ0v) is 12.2. The minimum atomic E-state index is -3.64. The van der Waals surface area contributed by atoms with Gasteiger partial charge in [0.2, 0.25) is 0 Å². The fraction of sp³-hybridized carbons (Fsp3) is 0.357. The number of hydrogen-bond donors (Lipinski definition) is 1. The van der Waals surface area contributed by atoms with Crippen molar-refractivity contribution in [2.24, 2.45) is 0 Å². The van der Waals surface area contributed by atoms with E-state index in [-0.39, 0.29) is 4.90 Å². The van der Waals surface area contributed by atoms with Gasteiger partial charge in [-0.25, -0.2) is 0 Å². The number of aryl methyl sites for hydroxylation is 2. The zero-order valence-electron chi connectivity index (χ0n) is 11.4. The number of anilines is 1. The van der Waals surface area contributed by atoms with Crippen molar-refractivity contribution in [3.8, 4) is 5.75 Å². The molecular formula is C14H15N3O3S. The van der Waals surface area contributed by atoms with E-state index in [0.717, 1.165) is 34.6 Å². The highest BCUT2D eigenvalue weighted by Crippen LogP contribution is 2.31. The molecule has 2 heterocycles. The van der Waals surface area contributed by atoms with Crippen molar-refractivity contribution >= 4 is 15.7 Å². The summed E-state index contributed by atoms with van der Waals surface area (Å²) in [5.41, 5.74) is 2.65. The molecule has 1 aliphatic heterocycles. The Morgan fingerprint density at radius 2 is 2.19 bits per heavy atom. The van der Waals surface area contributed by atoms with E-state index in [0.29, 0.717) is 24.6 Å². The molecule has 0 radical (unpaired) electrons. The first kappa shape index (κ1) is 12.7. The van der Waals surface area contributed by atoms with E-state index in [1.807, 2.05) is 0 Å². The van der Waals surface area contributed by atoms with Crippen LogP contribution in [0.5, 0.6) is 5.75 Å². The predicted octanol–water partition coefficient (Wildman–Crippen LogP) is 1.41. The van der Waals surface area contributed by atoms with Gasteiger partial charge in [-0.2, -0.15) is 17.6 Å². The van der Waals surface area contributed by atoms with Crippen molar-refractivity contribution in [2.75, 3.05) is 18.5 Å². The number of fused-ring (bicyclic) bond motifs is 2. The first-order valence-electron chi connectivity index (χ1n) is 6.98. The van der Waals surface area contributed by atoms with E-state index in [2.05, 4.69) is 10.4 Å². The number of ether oxygens (including phenoxy) is 1. The predicted molar refractivity (Wildman–Crippen MR) is 77.3 cm³/mol. The summed E-state index contributed by atoms with van der Waals surface area (Å²) in [5.74, 6) is 0.683. The molecule has 1 aromatic heterocycles. The smallest absolute Gasteiger partial charge is 0.283 e. The lowest BCUT2D eigenvalue weighted by Gasteiger charge is -2.19. The SMILES string of the molecule is O=S(=O)(c1ccc2c(c1)NCCO2)n1cc2c(n1)CCC2. The maximum Gasteiger partial charge on any atom is 0.283 e. The first-order valence-corrected chi connectivity index (χ1v) is 8.42. The maximum atomic E-state index is 12.7. The molecule has 21 heavy (non-hydrogen) atoms. The maximum absolute atomic E-state index is 12.7. The Hall–Kier alpha value is -2.02. The molecule has 2 aliphatic rings. The summed E-state index contributed by atoms with van der Waals surface area (Å²) in [6, 6.07) is 4.86. The summed E-state index contributed by atoms with van der Waals surface area (Å²) in [6.07, 6.45) is 4.46. The van der Waals surface area contributed by atoms with Crippen LogP contribution in [0.3, 0.4) is 0 Å². The van der Waals surface area contributed by atoms with Gasteiger partial charge in [-0.05, 0) is 43.0 Å². The van der Waals surface area contributed by atoms with Gasteiger partial charge in [0, 0.05) is 12.7 Å². The van der Waals surface area contributed by atoms with Gasteiger partial charge in [-0.15, -0.1) is 0 Å². The number of rotatable bonds is 2. The number of nitrogens with one attached hydrogen (secondary N) is 1. The van der Waals surface area contributed by atoms with Gasteiger partial charge in [0.05, 0.1) is 16.3 Å². The lowest BCUT2D eigenvalue weighted by Crippen LogP contribution is -2.19. The minimum absolute atomic E-state index is 0.223. The normalized spacial score (nSPS) is 16.8. The Bertz CT molecular complexity index is 789. The van der Waals surface area contributed by atoms with Crippen molar-refractivity contribution in [1.29, 1.82) is 0 Å². The van der Waals surface area contributed by atoms with Crippen molar-refractivity contribution in [3.63, 3.8) is 0 Å². The quantitative estimate of drug-likeness (QED) is 0.908. The van der Waals surface area contributed by atoms with Crippen LogP contribution >= 0.6 is 0 Å². The van der Waals surface area contributed by atoms with Crippen molar-refractivity contribution in [1.82, 2.24) is 9.19 Å². The molecule has 0 atom stereocenters. The lowest BCUT2D eigenvalue weighted by atomic mass is 10.2. The molecule has 110 valence electrons. The van der Waals surface area contributed by atoms with Crippen LogP contribution in [0.1, 0.15) is 17.7 Å². The summed E-state index contributed by atoms with van der Waals surface area (Å²) in [6.45, 7) is 1.26. The molecule has 4 rings (SSSR count). The minimum Gasteiger partial charge on any atom is -0.490 e. The molecule has 6 nitrogen and oxygen atoms in total. The molecule has 1 aromatic carbocycles. The highest BCUT2D eigenvalue weighted by molar-refractivity contribution is 7.89. The standard InChI is InChI=1S/C14H15N3O3S/c18-21(19,17-9-10-2-1-3-12(10)16-17)11-4-5-14-13(8-11)15-6-7-20-14/h4-5,8-9,15H,1-3,6-7H2. The van der Waals surface area contributed by atoms with E-state index in [1.54, 1.807) is 24.4 Å². The van der Waals surface area contributed by atoms with E-state index in [4.69, 9.17) is 4.74 Å². The Labute approximate surface area is 122 Å². The van der Waals surface area contributed by atoms with Crippen LogP contribution in [0.25, 0.3) is 0 Å². The van der Waals surface area contributed by atoms with Gasteiger partial charge in [-0.3, -0.25) is 0 Å². The van der Waals surface area contributed by atoms with Crippen LogP contribution in [0.2, 0.25) is 0 Å². The van der Waals surface area contributed by atoms with Gasteiger partial charge in [-0.1, -0.05) is 0 Å². The molecule has 2 aromatic rings. The topological polar surface area (TPSA) is 73.2 Å². The van der Waals surface area contributed by atoms with Gasteiger partial charge in [0.15, 0.2) is 0 Å². The average Bonchev–Trinajstić information content (AvgIpc) is 3.08. The number of aromatic nitrogens is 2. The van der Waals surface area contributed by atoms with Crippen molar-refractivity contribution < 1.29 is 13.2 Å². The summed E-state index contributed by atoms with van der Waals surface area (Å²) >= 11 is 0. The van der Waals surface area contributed by atoms with Crippen LogP contribution in [0, 0.1) is 0 Å². The average molecular weight is 305 g/mol. The largest absolute Gasteiger partial charge is 0.490 e. The molecule has 0 bridgehead atoms. The molecule has 1 aliphatic carbocycles. The van der Waals surface area contributed by atoms with Crippen LogP contribution < -0.4 is 10.1 Å². The van der Waals surface area contributed by atoms with Crippen LogP contribution in [-0.4, -0.2) is 30.8 Å². The Balaban J connectivity index is 1.77. The fourth-order valence-electron chi connectivity index (χ4n) is 2.80. The molecule has 0 saturated carbocycles. The summed E-state index contributed by atoms with van der Waals surface area (Å²) in [7, 11) is -3.64. The first-order chi connectivity index (χ1) is 10.1. The third-order valence-electron chi connectivity index (χ3n) is 3.89. The molecule has 0 saturated heterocycles. The fourth-order valence-corrected chi connectivity index (χ4v) is 3.99. The van der Waals surface area contributed by atoms with E-state index >= 15 is 0 Å². The molecule has 0 amide bonds. The monoisotopic (exact) mass is 305 g/mol. The van der Waals surface area contributed by atoms with Crippen molar-refractivity contribution in [2.45, 2.75) is 24.2 Å². The highest BCUT2D eigenvalue weighted by Gasteiger charge is 2.24. The Morgan fingerprint density at radius 3 is 3.05 bits per heavy atom. The zero-order chi connectivity index (χ0) is 14.4. The molecule has 7 heteroatoms. The van der Waals surface area contributed by atoms with Crippen LogP contribution in [-0.2, 0) is 22.9 Å². The summed E-state index contributed by atoms with van der Waals surface area (Å²) in [5, 5.41) is 7.37. The van der Waals surface area contributed by atoms with Gasteiger partial charge in [0.1, 0.15) is 12.4 Å². The number of benzene rings is 1. The highest BCUT2D eigenvalue weighted by atomic mass is 32.2. The van der Waals surface area contributed by atoms with Crippen LogP contribution in [0.15, 0.2) is 29.3 Å².